The van der Waals surface area contributed by atoms with Gasteiger partial charge in [-0.2, -0.15) is 0 Å². The zero-order valence-corrected chi connectivity index (χ0v) is 10.7. The first-order valence-corrected chi connectivity index (χ1v) is 6.10. The SMILES string of the molecule is O=C(O)c1cnc(CCOCc2ccccc2)[nH]c1=O. The van der Waals surface area contributed by atoms with Gasteiger partial charge in [-0.15, -0.1) is 0 Å². The Hall–Kier alpha value is -2.47. The Morgan fingerprint density at radius 2 is 2.05 bits per heavy atom. The van der Waals surface area contributed by atoms with Crippen LogP contribution in [0, 0.1) is 0 Å². The Kier molecular flexibility index (Phi) is 4.62. The third kappa shape index (κ3) is 3.76. The summed E-state index contributed by atoms with van der Waals surface area (Å²) in [5.41, 5.74) is 0.0553. The second-order valence-corrected chi connectivity index (χ2v) is 4.17. The van der Waals surface area contributed by atoms with E-state index in [0.29, 0.717) is 25.5 Å². The standard InChI is InChI=1S/C14H14N2O4/c17-13-11(14(18)19)8-15-12(16-13)6-7-20-9-10-4-2-1-3-5-10/h1-5,8H,6-7,9H2,(H,18,19)(H,15,16,17). The number of carboxylic acid groups (broad SMARTS) is 1. The Morgan fingerprint density at radius 3 is 2.70 bits per heavy atom. The summed E-state index contributed by atoms with van der Waals surface area (Å²) < 4.78 is 5.46. The van der Waals surface area contributed by atoms with E-state index in [0.717, 1.165) is 11.8 Å². The van der Waals surface area contributed by atoms with Gasteiger partial charge in [0.2, 0.25) is 0 Å². The minimum Gasteiger partial charge on any atom is -0.477 e. The van der Waals surface area contributed by atoms with Crippen molar-refractivity contribution in [3.63, 3.8) is 0 Å². The summed E-state index contributed by atoms with van der Waals surface area (Å²) in [6.07, 6.45) is 1.48. The minimum absolute atomic E-state index is 0.362. The van der Waals surface area contributed by atoms with E-state index in [1.165, 1.54) is 0 Å². The monoisotopic (exact) mass is 274 g/mol. The lowest BCUT2D eigenvalue weighted by Crippen LogP contribution is -2.20. The van der Waals surface area contributed by atoms with Gasteiger partial charge in [0, 0.05) is 12.6 Å². The van der Waals surface area contributed by atoms with Crippen molar-refractivity contribution < 1.29 is 14.6 Å². The van der Waals surface area contributed by atoms with Crippen molar-refractivity contribution in [3.05, 3.63) is 63.8 Å². The molecule has 2 rings (SSSR count). The van der Waals surface area contributed by atoms with Gasteiger partial charge in [0.1, 0.15) is 11.4 Å². The lowest BCUT2D eigenvalue weighted by molar-refractivity contribution is 0.0694. The van der Waals surface area contributed by atoms with E-state index in [1.54, 1.807) is 0 Å². The summed E-state index contributed by atoms with van der Waals surface area (Å²) in [4.78, 5) is 28.4. The predicted octanol–water partition coefficient (Wildman–Crippen LogP) is 1.23. The Balaban J connectivity index is 1.84. The molecule has 0 aliphatic carbocycles. The third-order valence-corrected chi connectivity index (χ3v) is 2.68. The molecule has 0 aliphatic heterocycles. The quantitative estimate of drug-likeness (QED) is 0.773. The second kappa shape index (κ2) is 6.63. The number of nitrogens with zero attached hydrogens (tertiary/aromatic N) is 1. The fraction of sp³-hybridized carbons (Fsp3) is 0.214. The summed E-state index contributed by atoms with van der Waals surface area (Å²) in [5.74, 6) is -0.876. The van der Waals surface area contributed by atoms with Crippen LogP contribution in [0.5, 0.6) is 0 Å². The van der Waals surface area contributed by atoms with E-state index in [4.69, 9.17) is 9.84 Å². The van der Waals surface area contributed by atoms with E-state index >= 15 is 0 Å². The number of aromatic nitrogens is 2. The van der Waals surface area contributed by atoms with Crippen LogP contribution in [-0.2, 0) is 17.8 Å². The topological polar surface area (TPSA) is 92.3 Å². The zero-order chi connectivity index (χ0) is 14.4. The Morgan fingerprint density at radius 1 is 1.30 bits per heavy atom. The van der Waals surface area contributed by atoms with Crippen LogP contribution in [-0.4, -0.2) is 27.7 Å². The number of aromatic amines is 1. The first kappa shape index (κ1) is 14.0. The van der Waals surface area contributed by atoms with Gasteiger partial charge < -0.3 is 14.8 Å². The highest BCUT2D eigenvalue weighted by molar-refractivity contribution is 5.86. The predicted molar refractivity (Wildman–Crippen MR) is 71.6 cm³/mol. The van der Waals surface area contributed by atoms with E-state index < -0.39 is 11.5 Å². The summed E-state index contributed by atoms with van der Waals surface area (Å²) >= 11 is 0. The van der Waals surface area contributed by atoms with Gasteiger partial charge in [0.15, 0.2) is 0 Å². The summed E-state index contributed by atoms with van der Waals surface area (Å²) in [7, 11) is 0. The molecule has 2 N–H and O–H groups in total. The molecule has 6 nitrogen and oxygen atoms in total. The number of aromatic carboxylic acids is 1. The van der Waals surface area contributed by atoms with Gasteiger partial charge >= 0.3 is 5.97 Å². The molecular weight excluding hydrogens is 260 g/mol. The van der Waals surface area contributed by atoms with Crippen molar-refractivity contribution in [2.75, 3.05) is 6.61 Å². The average molecular weight is 274 g/mol. The molecule has 20 heavy (non-hydrogen) atoms. The third-order valence-electron chi connectivity index (χ3n) is 2.68. The summed E-state index contributed by atoms with van der Waals surface area (Å²) in [6.45, 7) is 0.878. The molecular formula is C14H14N2O4. The normalized spacial score (nSPS) is 10.4. The number of ether oxygens (including phenoxy) is 1. The van der Waals surface area contributed by atoms with Gasteiger partial charge in [0.25, 0.3) is 5.56 Å². The highest BCUT2D eigenvalue weighted by Gasteiger charge is 2.09. The zero-order valence-electron chi connectivity index (χ0n) is 10.7. The molecule has 0 saturated heterocycles. The van der Waals surface area contributed by atoms with Crippen LogP contribution in [0.15, 0.2) is 41.3 Å². The van der Waals surface area contributed by atoms with Crippen LogP contribution in [0.25, 0.3) is 0 Å². The molecule has 0 unspecified atom stereocenters. The van der Waals surface area contributed by atoms with Crippen molar-refractivity contribution in [1.29, 1.82) is 0 Å². The Bertz CT molecular complexity index is 637. The largest absolute Gasteiger partial charge is 0.477 e. The Labute approximate surface area is 115 Å². The van der Waals surface area contributed by atoms with Crippen LogP contribution in [0.2, 0.25) is 0 Å². The van der Waals surface area contributed by atoms with Crippen LogP contribution in [0.3, 0.4) is 0 Å². The molecule has 6 heteroatoms. The van der Waals surface area contributed by atoms with Crippen LogP contribution in [0.4, 0.5) is 0 Å². The van der Waals surface area contributed by atoms with Gasteiger partial charge in [-0.3, -0.25) is 4.79 Å². The highest BCUT2D eigenvalue weighted by Crippen LogP contribution is 2.01. The van der Waals surface area contributed by atoms with E-state index in [-0.39, 0.29) is 5.56 Å². The number of carboxylic acids is 1. The van der Waals surface area contributed by atoms with Crippen LogP contribution in [0.1, 0.15) is 21.7 Å². The van der Waals surface area contributed by atoms with Crippen molar-refractivity contribution in [2.45, 2.75) is 13.0 Å². The second-order valence-electron chi connectivity index (χ2n) is 4.17. The number of hydrogen-bond acceptors (Lipinski definition) is 4. The van der Waals surface area contributed by atoms with Crippen molar-refractivity contribution >= 4 is 5.97 Å². The average Bonchev–Trinajstić information content (AvgIpc) is 2.44. The molecule has 0 amide bonds. The number of rotatable bonds is 6. The smallest absolute Gasteiger partial charge is 0.342 e. The minimum atomic E-state index is -1.29. The maximum Gasteiger partial charge on any atom is 0.342 e. The molecule has 0 spiro atoms. The number of carbonyl (C=O) groups is 1. The molecule has 0 bridgehead atoms. The lowest BCUT2D eigenvalue weighted by Gasteiger charge is -2.04. The number of H-pyrrole nitrogens is 1. The molecule has 2 aromatic rings. The molecule has 1 aromatic heterocycles. The molecule has 0 saturated carbocycles. The van der Waals surface area contributed by atoms with Gasteiger partial charge in [-0.25, -0.2) is 9.78 Å². The van der Waals surface area contributed by atoms with Crippen LogP contribution >= 0.6 is 0 Å². The van der Waals surface area contributed by atoms with E-state index in [1.807, 2.05) is 30.3 Å². The molecule has 0 radical (unpaired) electrons. The van der Waals surface area contributed by atoms with Crippen molar-refractivity contribution in [3.8, 4) is 0 Å². The lowest BCUT2D eigenvalue weighted by atomic mass is 10.2. The summed E-state index contributed by atoms with van der Waals surface area (Å²) in [5, 5.41) is 8.71. The molecule has 1 aromatic carbocycles. The molecule has 104 valence electrons. The number of benzene rings is 1. The fourth-order valence-corrected chi connectivity index (χ4v) is 1.64. The van der Waals surface area contributed by atoms with Gasteiger partial charge in [-0.1, -0.05) is 30.3 Å². The molecule has 0 atom stereocenters. The van der Waals surface area contributed by atoms with E-state index in [9.17, 15) is 9.59 Å². The maximum atomic E-state index is 11.4. The fourth-order valence-electron chi connectivity index (χ4n) is 1.64. The van der Waals surface area contributed by atoms with E-state index in [2.05, 4.69) is 9.97 Å². The van der Waals surface area contributed by atoms with Gasteiger partial charge in [-0.05, 0) is 5.56 Å². The van der Waals surface area contributed by atoms with Crippen LogP contribution < -0.4 is 5.56 Å². The first-order chi connectivity index (χ1) is 9.66. The number of hydrogen-bond donors (Lipinski definition) is 2. The maximum absolute atomic E-state index is 11.4. The van der Waals surface area contributed by atoms with Gasteiger partial charge in [0.05, 0.1) is 13.2 Å². The number of nitrogens with one attached hydrogen (secondary N) is 1. The highest BCUT2D eigenvalue weighted by atomic mass is 16.5. The first-order valence-electron chi connectivity index (χ1n) is 6.10. The molecule has 0 fully saturated rings. The molecule has 1 heterocycles. The van der Waals surface area contributed by atoms with Crippen molar-refractivity contribution in [1.82, 2.24) is 9.97 Å². The van der Waals surface area contributed by atoms with Crippen molar-refractivity contribution in [2.24, 2.45) is 0 Å². The summed E-state index contributed by atoms with van der Waals surface area (Å²) in [6, 6.07) is 9.72. The molecule has 0 aliphatic rings.